The molecule has 7 heteroatoms. The number of rotatable bonds is 2. The fourth-order valence-electron chi connectivity index (χ4n) is 1.89. The second-order valence-corrected chi connectivity index (χ2v) is 5.69. The molecule has 0 aliphatic heterocycles. The lowest BCUT2D eigenvalue weighted by Gasteiger charge is -2.06. The van der Waals surface area contributed by atoms with Crippen LogP contribution in [0.1, 0.15) is 9.67 Å². The van der Waals surface area contributed by atoms with Crippen molar-refractivity contribution in [3.8, 4) is 0 Å². The number of aromatic nitrogens is 1. The molecule has 21 heavy (non-hydrogen) atoms. The number of hydrogen-bond acceptors (Lipinski definition) is 4. The highest BCUT2D eigenvalue weighted by molar-refractivity contribution is 7.21. The van der Waals surface area contributed by atoms with Crippen LogP contribution >= 0.6 is 22.9 Å². The molecule has 2 heterocycles. The number of nitrogen functional groups attached to an aromatic ring is 1. The molecule has 3 rings (SSSR count). The lowest BCUT2D eigenvalue weighted by Crippen LogP contribution is -2.12. The van der Waals surface area contributed by atoms with Crippen molar-refractivity contribution >= 4 is 50.4 Å². The van der Waals surface area contributed by atoms with E-state index in [0.29, 0.717) is 21.1 Å². The van der Waals surface area contributed by atoms with Crippen LogP contribution in [0.4, 0.5) is 15.8 Å². The third-order valence-electron chi connectivity index (χ3n) is 2.89. The Kier molecular flexibility index (Phi) is 3.48. The standard InChI is InChI=1S/C14H9ClFN3OS/c15-9-6-7(16)3-4-10(9)19-13(20)12-11(17)8-2-1-5-18-14(8)21-12/h1-6H,17H2,(H,19,20). The van der Waals surface area contributed by atoms with Gasteiger partial charge in [-0.2, -0.15) is 0 Å². The summed E-state index contributed by atoms with van der Waals surface area (Å²) in [7, 11) is 0. The molecule has 4 nitrogen and oxygen atoms in total. The predicted octanol–water partition coefficient (Wildman–Crippen LogP) is 3.92. The highest BCUT2D eigenvalue weighted by Crippen LogP contribution is 2.33. The number of benzene rings is 1. The van der Waals surface area contributed by atoms with Gasteiger partial charge in [0.1, 0.15) is 15.5 Å². The van der Waals surface area contributed by atoms with Crippen LogP contribution in [-0.2, 0) is 0 Å². The Labute approximate surface area is 128 Å². The molecule has 106 valence electrons. The molecule has 1 aromatic carbocycles. The zero-order valence-corrected chi connectivity index (χ0v) is 12.1. The summed E-state index contributed by atoms with van der Waals surface area (Å²) in [6.07, 6.45) is 1.64. The molecule has 3 aromatic rings. The number of carbonyl (C=O) groups is 1. The average Bonchev–Trinajstić information content (AvgIpc) is 2.80. The predicted molar refractivity (Wildman–Crippen MR) is 83.4 cm³/mol. The molecule has 0 bridgehead atoms. The van der Waals surface area contributed by atoms with Crippen LogP contribution in [0.15, 0.2) is 36.5 Å². The number of amides is 1. The number of anilines is 2. The third-order valence-corrected chi connectivity index (χ3v) is 4.33. The fourth-order valence-corrected chi connectivity index (χ4v) is 3.06. The SMILES string of the molecule is Nc1c(C(=O)Nc2ccc(F)cc2Cl)sc2ncccc12. The van der Waals surface area contributed by atoms with Crippen LogP contribution in [-0.4, -0.2) is 10.9 Å². The maximum absolute atomic E-state index is 13.0. The lowest BCUT2D eigenvalue weighted by atomic mass is 10.2. The normalized spacial score (nSPS) is 10.8. The number of halogens is 2. The number of carbonyl (C=O) groups excluding carboxylic acids is 1. The molecule has 0 saturated heterocycles. The number of nitrogens with one attached hydrogen (secondary N) is 1. The minimum absolute atomic E-state index is 0.126. The lowest BCUT2D eigenvalue weighted by molar-refractivity contribution is 0.103. The van der Waals surface area contributed by atoms with Crippen molar-refractivity contribution in [2.75, 3.05) is 11.1 Å². The van der Waals surface area contributed by atoms with E-state index in [9.17, 15) is 9.18 Å². The molecule has 0 unspecified atom stereocenters. The van der Waals surface area contributed by atoms with Crippen LogP contribution < -0.4 is 11.1 Å². The molecule has 1 amide bonds. The Balaban J connectivity index is 1.95. The number of nitrogens with zero attached hydrogens (tertiary/aromatic N) is 1. The minimum Gasteiger partial charge on any atom is -0.397 e. The fraction of sp³-hybridized carbons (Fsp3) is 0. The van der Waals surface area contributed by atoms with E-state index in [0.717, 1.165) is 11.5 Å². The van der Waals surface area contributed by atoms with Crippen molar-refractivity contribution in [3.05, 3.63) is 52.2 Å². The van der Waals surface area contributed by atoms with Gasteiger partial charge >= 0.3 is 0 Å². The molecule has 3 N–H and O–H groups in total. The maximum Gasteiger partial charge on any atom is 0.267 e. The Morgan fingerprint density at radius 2 is 2.19 bits per heavy atom. The van der Waals surface area contributed by atoms with Gasteiger partial charge in [0, 0.05) is 11.6 Å². The summed E-state index contributed by atoms with van der Waals surface area (Å²) in [4.78, 5) is 17.5. The van der Waals surface area contributed by atoms with E-state index in [1.54, 1.807) is 18.3 Å². The molecule has 0 spiro atoms. The average molecular weight is 322 g/mol. The smallest absolute Gasteiger partial charge is 0.267 e. The second kappa shape index (κ2) is 5.31. The topological polar surface area (TPSA) is 68.0 Å². The van der Waals surface area contributed by atoms with Crippen molar-refractivity contribution in [2.24, 2.45) is 0 Å². The zero-order chi connectivity index (χ0) is 15.0. The molecule has 2 aromatic heterocycles. The molecule has 0 saturated carbocycles. The van der Waals surface area contributed by atoms with Crippen LogP contribution in [0.5, 0.6) is 0 Å². The first kappa shape index (κ1) is 13.8. The molecule has 0 radical (unpaired) electrons. The van der Waals surface area contributed by atoms with Crippen LogP contribution in [0, 0.1) is 5.82 Å². The van der Waals surface area contributed by atoms with Gasteiger partial charge in [0.25, 0.3) is 5.91 Å². The van der Waals surface area contributed by atoms with Crippen molar-refractivity contribution in [3.63, 3.8) is 0 Å². The summed E-state index contributed by atoms with van der Waals surface area (Å²) in [6.45, 7) is 0. The van der Waals surface area contributed by atoms with E-state index < -0.39 is 11.7 Å². The van der Waals surface area contributed by atoms with E-state index >= 15 is 0 Å². The number of pyridine rings is 1. The highest BCUT2D eigenvalue weighted by atomic mass is 35.5. The summed E-state index contributed by atoms with van der Waals surface area (Å²) in [5, 5.41) is 3.48. The first-order valence-corrected chi connectivity index (χ1v) is 7.15. The Bertz CT molecular complexity index is 849. The van der Waals surface area contributed by atoms with E-state index in [4.69, 9.17) is 17.3 Å². The first-order chi connectivity index (χ1) is 10.1. The van der Waals surface area contributed by atoms with Gasteiger partial charge in [0.2, 0.25) is 0 Å². The monoisotopic (exact) mass is 321 g/mol. The van der Waals surface area contributed by atoms with E-state index in [-0.39, 0.29) is 5.02 Å². The van der Waals surface area contributed by atoms with Gasteiger partial charge in [-0.05, 0) is 30.3 Å². The number of thiophene rings is 1. The Hall–Kier alpha value is -2.18. The van der Waals surface area contributed by atoms with Gasteiger partial charge in [0.15, 0.2) is 0 Å². The molecule has 0 fully saturated rings. The third kappa shape index (κ3) is 2.55. The van der Waals surface area contributed by atoms with Crippen molar-refractivity contribution in [2.45, 2.75) is 0 Å². The Morgan fingerprint density at radius 3 is 2.90 bits per heavy atom. The van der Waals surface area contributed by atoms with Gasteiger partial charge in [-0.1, -0.05) is 11.6 Å². The molecule has 0 aliphatic carbocycles. The van der Waals surface area contributed by atoms with Crippen molar-refractivity contribution < 1.29 is 9.18 Å². The zero-order valence-electron chi connectivity index (χ0n) is 10.6. The van der Waals surface area contributed by atoms with Crippen LogP contribution in [0.2, 0.25) is 5.02 Å². The van der Waals surface area contributed by atoms with E-state index in [1.807, 2.05) is 0 Å². The second-order valence-electron chi connectivity index (χ2n) is 4.28. The Morgan fingerprint density at radius 1 is 1.38 bits per heavy atom. The molecule has 0 aliphatic rings. The van der Waals surface area contributed by atoms with Crippen molar-refractivity contribution in [1.82, 2.24) is 4.98 Å². The molecule has 0 atom stereocenters. The maximum atomic E-state index is 13.0. The summed E-state index contributed by atoms with van der Waals surface area (Å²) >= 11 is 7.08. The quantitative estimate of drug-likeness (QED) is 0.751. The summed E-state index contributed by atoms with van der Waals surface area (Å²) in [5.41, 5.74) is 6.67. The van der Waals surface area contributed by atoms with Gasteiger partial charge in [-0.15, -0.1) is 11.3 Å². The van der Waals surface area contributed by atoms with Crippen LogP contribution in [0.3, 0.4) is 0 Å². The van der Waals surface area contributed by atoms with E-state index in [2.05, 4.69) is 10.3 Å². The highest BCUT2D eigenvalue weighted by Gasteiger charge is 2.17. The molecular formula is C14H9ClFN3OS. The van der Waals surface area contributed by atoms with Gasteiger partial charge in [-0.25, -0.2) is 9.37 Å². The van der Waals surface area contributed by atoms with Gasteiger partial charge < -0.3 is 11.1 Å². The minimum atomic E-state index is -0.469. The van der Waals surface area contributed by atoms with Gasteiger partial charge in [-0.3, -0.25) is 4.79 Å². The first-order valence-electron chi connectivity index (χ1n) is 5.95. The van der Waals surface area contributed by atoms with E-state index in [1.165, 1.54) is 23.5 Å². The summed E-state index contributed by atoms with van der Waals surface area (Å²) in [6, 6.07) is 7.31. The number of nitrogens with two attached hydrogens (primary N) is 1. The van der Waals surface area contributed by atoms with Crippen LogP contribution in [0.25, 0.3) is 10.2 Å². The summed E-state index contributed by atoms with van der Waals surface area (Å²) in [5.74, 6) is -0.868. The van der Waals surface area contributed by atoms with Crippen molar-refractivity contribution in [1.29, 1.82) is 0 Å². The number of fused-ring (bicyclic) bond motifs is 1. The number of hydrogen-bond donors (Lipinski definition) is 2. The van der Waals surface area contributed by atoms with Gasteiger partial charge in [0.05, 0.1) is 16.4 Å². The summed E-state index contributed by atoms with van der Waals surface area (Å²) < 4.78 is 13.0. The largest absolute Gasteiger partial charge is 0.397 e. The molecular weight excluding hydrogens is 313 g/mol.